The fraction of sp³-hybridized carbons (Fsp3) is 0.848. The smallest absolute Gasteiger partial charge is 0.306 e. The van der Waals surface area contributed by atoms with Gasteiger partial charge in [-0.25, -0.2) is 0 Å². The monoisotopic (exact) mass is 1180 g/mol. The first-order valence-corrected chi connectivity index (χ1v) is 37.8. The molecule has 0 spiro atoms. The molecule has 5 nitrogen and oxygen atoms in total. The van der Waals surface area contributed by atoms with Gasteiger partial charge in [0.25, 0.3) is 0 Å². The Balaban J connectivity index is 3.39. The van der Waals surface area contributed by atoms with Crippen molar-refractivity contribution in [3.63, 3.8) is 0 Å². The minimum atomic E-state index is -0.772. The summed E-state index contributed by atoms with van der Waals surface area (Å²) in [5.41, 5.74) is 0. The van der Waals surface area contributed by atoms with Crippen molar-refractivity contribution in [3.8, 4) is 0 Å². The van der Waals surface area contributed by atoms with E-state index in [1.807, 2.05) is 0 Å². The van der Waals surface area contributed by atoms with E-state index in [0.717, 1.165) is 57.8 Å². The van der Waals surface area contributed by atoms with Crippen LogP contribution < -0.4 is 0 Å². The van der Waals surface area contributed by atoms with Gasteiger partial charge in [0.2, 0.25) is 0 Å². The van der Waals surface area contributed by atoms with E-state index in [-0.39, 0.29) is 25.2 Å². The van der Waals surface area contributed by atoms with Gasteiger partial charge < -0.3 is 14.6 Å². The number of aliphatic hydroxyl groups is 1. The average Bonchev–Trinajstić information content (AvgIpc) is 3.51. The number of carbonyl (C=O) groups is 2. The maximum atomic E-state index is 12.4. The Morgan fingerprint density at radius 1 is 0.274 bits per heavy atom. The van der Waals surface area contributed by atoms with Crippen molar-refractivity contribution >= 4 is 11.9 Å². The first kappa shape index (κ1) is 81.6. The van der Waals surface area contributed by atoms with Crippen LogP contribution in [-0.4, -0.2) is 36.4 Å². The van der Waals surface area contributed by atoms with Crippen molar-refractivity contribution in [2.45, 2.75) is 418 Å². The van der Waals surface area contributed by atoms with Crippen LogP contribution in [0.1, 0.15) is 412 Å². The van der Waals surface area contributed by atoms with Gasteiger partial charge in [-0.1, -0.05) is 376 Å². The summed E-state index contributed by atoms with van der Waals surface area (Å²) in [4.78, 5) is 24.7. The molecule has 0 aliphatic rings. The zero-order valence-electron chi connectivity index (χ0n) is 56.7. The number of carbonyl (C=O) groups excluding carboxylic acids is 2. The molecule has 0 saturated carbocycles. The molecule has 0 fully saturated rings. The van der Waals surface area contributed by atoms with Gasteiger partial charge in [-0.15, -0.1) is 0 Å². The second-order valence-corrected chi connectivity index (χ2v) is 25.7. The molecule has 492 valence electrons. The van der Waals surface area contributed by atoms with Crippen molar-refractivity contribution in [1.29, 1.82) is 0 Å². The summed E-state index contributed by atoms with van der Waals surface area (Å²) >= 11 is 0. The third kappa shape index (κ3) is 72.1. The number of allylic oxidation sites excluding steroid dienone is 10. The zero-order chi connectivity index (χ0) is 60.5. The number of hydrogen-bond acceptors (Lipinski definition) is 5. The Labute approximate surface area is 525 Å². The van der Waals surface area contributed by atoms with Crippen LogP contribution in [0.3, 0.4) is 0 Å². The summed E-state index contributed by atoms with van der Waals surface area (Å²) in [7, 11) is 0. The lowest BCUT2D eigenvalue weighted by molar-refractivity contribution is -0.161. The molecule has 0 aromatic heterocycles. The summed E-state index contributed by atoms with van der Waals surface area (Å²) < 4.78 is 10.8. The highest BCUT2D eigenvalue weighted by molar-refractivity contribution is 5.70. The molecule has 84 heavy (non-hydrogen) atoms. The molecular formula is C79H146O5. The summed E-state index contributed by atoms with van der Waals surface area (Å²) in [6, 6.07) is 0. The van der Waals surface area contributed by atoms with Crippen LogP contribution in [0.2, 0.25) is 0 Å². The molecule has 1 N–H and O–H groups in total. The van der Waals surface area contributed by atoms with Crippen molar-refractivity contribution < 1.29 is 24.2 Å². The van der Waals surface area contributed by atoms with Crippen molar-refractivity contribution in [2.75, 3.05) is 13.2 Å². The molecule has 0 aliphatic heterocycles. The zero-order valence-corrected chi connectivity index (χ0v) is 56.7. The molecule has 0 radical (unpaired) electrons. The highest BCUT2D eigenvalue weighted by atomic mass is 16.6. The lowest BCUT2D eigenvalue weighted by Crippen LogP contribution is -2.28. The molecule has 0 rings (SSSR count). The average molecular weight is 1180 g/mol. The molecule has 1 unspecified atom stereocenters. The van der Waals surface area contributed by atoms with Crippen molar-refractivity contribution in [2.24, 2.45) is 0 Å². The second-order valence-electron chi connectivity index (χ2n) is 25.7. The van der Waals surface area contributed by atoms with E-state index in [9.17, 15) is 14.7 Å². The van der Waals surface area contributed by atoms with Gasteiger partial charge >= 0.3 is 11.9 Å². The molecule has 0 aliphatic carbocycles. The van der Waals surface area contributed by atoms with Gasteiger partial charge in [0.15, 0.2) is 6.10 Å². The normalized spacial score (nSPS) is 12.5. The summed E-state index contributed by atoms with van der Waals surface area (Å²) in [6.45, 7) is 4.18. The molecule has 0 aromatic carbocycles. The molecular weight excluding hydrogens is 1030 g/mol. The summed E-state index contributed by atoms with van der Waals surface area (Å²) in [6.07, 6.45) is 103. The van der Waals surface area contributed by atoms with Gasteiger partial charge in [0.05, 0.1) is 6.61 Å². The first-order chi connectivity index (χ1) is 41.6. The van der Waals surface area contributed by atoms with Crippen molar-refractivity contribution in [1.82, 2.24) is 0 Å². The Bertz CT molecular complexity index is 1430. The lowest BCUT2D eigenvalue weighted by Gasteiger charge is -2.15. The fourth-order valence-corrected chi connectivity index (χ4v) is 11.6. The van der Waals surface area contributed by atoms with E-state index in [0.29, 0.717) is 12.8 Å². The maximum absolute atomic E-state index is 12.4. The maximum Gasteiger partial charge on any atom is 0.306 e. The van der Waals surface area contributed by atoms with Crippen LogP contribution in [-0.2, 0) is 19.1 Å². The number of hydrogen-bond donors (Lipinski definition) is 1. The molecule has 0 amide bonds. The van der Waals surface area contributed by atoms with Crippen LogP contribution in [0.5, 0.6) is 0 Å². The lowest BCUT2D eigenvalue weighted by atomic mass is 10.0. The molecule has 0 saturated heterocycles. The molecule has 0 bridgehead atoms. The SMILES string of the molecule is CCCCCCC/C=C\C/C=C\C/C=C\CCCCCCCCCCCCCCCCCCCCC(=O)OC(CO)COC(=O)CCCCCCCCCCCCCCCCCCCCCCCCCCC/C=C\C/C=C\CCCCCCC. The number of unbranched alkanes of at least 4 members (excludes halogenated alkanes) is 53. The van der Waals surface area contributed by atoms with Gasteiger partial charge in [0, 0.05) is 12.8 Å². The Morgan fingerprint density at radius 2 is 0.476 bits per heavy atom. The largest absolute Gasteiger partial charge is 0.462 e. The van der Waals surface area contributed by atoms with E-state index in [4.69, 9.17) is 9.47 Å². The fourth-order valence-electron chi connectivity index (χ4n) is 11.6. The first-order valence-electron chi connectivity index (χ1n) is 37.8. The number of esters is 2. The van der Waals surface area contributed by atoms with Crippen molar-refractivity contribution in [3.05, 3.63) is 60.8 Å². The van der Waals surface area contributed by atoms with Crippen LogP contribution in [0.15, 0.2) is 60.8 Å². The minimum Gasteiger partial charge on any atom is -0.462 e. The number of aliphatic hydroxyl groups excluding tert-OH is 1. The van der Waals surface area contributed by atoms with Crippen LogP contribution in [0.4, 0.5) is 0 Å². The van der Waals surface area contributed by atoms with E-state index < -0.39 is 6.10 Å². The highest BCUT2D eigenvalue weighted by Gasteiger charge is 2.16. The second kappa shape index (κ2) is 74.9. The Kier molecular flexibility index (Phi) is 72.7. The van der Waals surface area contributed by atoms with E-state index in [1.54, 1.807) is 0 Å². The molecule has 0 heterocycles. The van der Waals surface area contributed by atoms with E-state index in [1.165, 1.54) is 327 Å². The van der Waals surface area contributed by atoms with Crippen LogP contribution in [0, 0.1) is 0 Å². The Hall–Kier alpha value is -2.40. The Morgan fingerprint density at radius 3 is 0.714 bits per heavy atom. The van der Waals surface area contributed by atoms with Gasteiger partial charge in [-0.2, -0.15) is 0 Å². The summed E-state index contributed by atoms with van der Waals surface area (Å²) in [5.74, 6) is -0.567. The standard InChI is InChI=1S/C79H146O5/c1-3-5-7-9-11-13-15-17-19-21-23-25-27-29-31-33-35-37-38-39-40-42-43-45-47-49-51-53-55-57-59-61-63-65-67-69-71-73-78(81)83-76-77(75-80)84-79(82)74-72-70-68-66-64-62-60-58-56-54-52-50-48-46-44-41-36-34-32-30-28-26-24-22-20-18-16-14-12-10-8-6-4-2/h15-18,21-24,28,30,77,80H,3-14,19-20,25-27,29,31-76H2,1-2H3/b17-15-,18-16-,23-21-,24-22-,30-28-. The van der Waals surface area contributed by atoms with Crippen LogP contribution >= 0.6 is 0 Å². The van der Waals surface area contributed by atoms with Gasteiger partial charge in [-0.05, 0) is 83.5 Å². The van der Waals surface area contributed by atoms with E-state index in [2.05, 4.69) is 74.6 Å². The third-order valence-electron chi connectivity index (χ3n) is 17.3. The molecule has 1 atom stereocenters. The molecule has 0 aromatic rings. The molecule has 5 heteroatoms. The predicted octanol–water partition coefficient (Wildman–Crippen LogP) is 26.4. The predicted molar refractivity (Wildman–Crippen MR) is 371 cm³/mol. The summed E-state index contributed by atoms with van der Waals surface area (Å²) in [5, 5.41) is 9.72. The van der Waals surface area contributed by atoms with Gasteiger partial charge in [-0.3, -0.25) is 9.59 Å². The number of ether oxygens (including phenoxy) is 2. The van der Waals surface area contributed by atoms with Crippen LogP contribution in [0.25, 0.3) is 0 Å². The van der Waals surface area contributed by atoms with E-state index >= 15 is 0 Å². The number of rotatable bonds is 71. The van der Waals surface area contributed by atoms with Gasteiger partial charge in [0.1, 0.15) is 6.61 Å². The minimum absolute atomic E-state index is 0.0607. The quantitative estimate of drug-likeness (QED) is 0.0373. The topological polar surface area (TPSA) is 72.8 Å². The highest BCUT2D eigenvalue weighted by Crippen LogP contribution is 2.19. The third-order valence-corrected chi connectivity index (χ3v) is 17.3.